The molecule has 2 fully saturated rings. The standard InChI is InChI=1S/C12H20BN3O2/c1-8(17)11-6-9(13)7-15(11)12(18)10-4-3-5-16(10)14-2/h9-11,14H,3-7H2,1-2H3/t9-,10-,11?/m1/s1. The second kappa shape index (κ2) is 5.40. The number of nitrogens with one attached hydrogen (secondary N) is 1. The van der Waals surface area contributed by atoms with E-state index in [1.165, 1.54) is 6.92 Å². The quantitative estimate of drug-likeness (QED) is 0.700. The predicted molar refractivity (Wildman–Crippen MR) is 69.1 cm³/mol. The average molecular weight is 249 g/mol. The van der Waals surface area contributed by atoms with Gasteiger partial charge in [0, 0.05) is 13.1 Å². The minimum Gasteiger partial charge on any atom is -0.332 e. The third kappa shape index (κ3) is 2.45. The summed E-state index contributed by atoms with van der Waals surface area (Å²) in [6, 6.07) is -0.478. The Hall–Kier alpha value is -0.875. The number of likely N-dealkylation sites (tertiary alicyclic amines) is 1. The van der Waals surface area contributed by atoms with Crippen LogP contribution in [0.15, 0.2) is 0 Å². The average Bonchev–Trinajstić information content (AvgIpc) is 2.93. The first-order valence-electron chi connectivity index (χ1n) is 6.55. The highest BCUT2D eigenvalue weighted by Crippen LogP contribution is 2.28. The molecular weight excluding hydrogens is 229 g/mol. The zero-order chi connectivity index (χ0) is 13.3. The number of hydrogen-bond acceptors (Lipinski definition) is 4. The van der Waals surface area contributed by atoms with Crippen molar-refractivity contribution in [2.45, 2.75) is 44.1 Å². The van der Waals surface area contributed by atoms with Crippen molar-refractivity contribution in [1.29, 1.82) is 0 Å². The van der Waals surface area contributed by atoms with Gasteiger partial charge in [0.25, 0.3) is 0 Å². The molecule has 0 bridgehead atoms. The van der Waals surface area contributed by atoms with Crippen molar-refractivity contribution in [3.8, 4) is 0 Å². The van der Waals surface area contributed by atoms with Gasteiger partial charge in [0.2, 0.25) is 5.91 Å². The molecule has 2 saturated heterocycles. The number of rotatable bonds is 3. The van der Waals surface area contributed by atoms with E-state index in [1.54, 1.807) is 4.90 Å². The maximum Gasteiger partial charge on any atom is 0.241 e. The predicted octanol–water partition coefficient (Wildman–Crippen LogP) is -0.268. The Morgan fingerprint density at radius 1 is 1.33 bits per heavy atom. The Balaban J connectivity index is 2.10. The maximum atomic E-state index is 12.5. The van der Waals surface area contributed by atoms with Crippen LogP contribution >= 0.6 is 0 Å². The van der Waals surface area contributed by atoms with Gasteiger partial charge in [-0.05, 0) is 33.2 Å². The van der Waals surface area contributed by atoms with E-state index in [-0.39, 0.29) is 29.6 Å². The van der Waals surface area contributed by atoms with Gasteiger partial charge in [-0.1, -0.05) is 5.82 Å². The summed E-state index contributed by atoms with van der Waals surface area (Å²) in [7, 11) is 7.70. The van der Waals surface area contributed by atoms with E-state index in [0.717, 1.165) is 19.4 Å². The first kappa shape index (κ1) is 13.6. The van der Waals surface area contributed by atoms with Crippen molar-refractivity contribution in [3.05, 3.63) is 0 Å². The molecule has 1 unspecified atom stereocenters. The van der Waals surface area contributed by atoms with Gasteiger partial charge in [-0.3, -0.25) is 15.0 Å². The fraction of sp³-hybridized carbons (Fsp3) is 0.833. The Morgan fingerprint density at radius 2 is 2.06 bits per heavy atom. The van der Waals surface area contributed by atoms with E-state index in [1.807, 2.05) is 12.1 Å². The number of Topliss-reactive ketones (excluding diaryl/α,β-unsaturated/α-hetero) is 1. The molecule has 18 heavy (non-hydrogen) atoms. The Morgan fingerprint density at radius 3 is 2.67 bits per heavy atom. The van der Waals surface area contributed by atoms with E-state index in [4.69, 9.17) is 7.85 Å². The lowest BCUT2D eigenvalue weighted by Crippen LogP contribution is -2.52. The lowest BCUT2D eigenvalue weighted by Gasteiger charge is -2.30. The number of amides is 1. The summed E-state index contributed by atoms with van der Waals surface area (Å²) in [5.74, 6) is -0.00686. The molecule has 98 valence electrons. The van der Waals surface area contributed by atoms with Gasteiger partial charge >= 0.3 is 0 Å². The zero-order valence-electron chi connectivity index (χ0n) is 11.1. The van der Waals surface area contributed by atoms with Crippen LogP contribution in [-0.4, -0.2) is 61.7 Å². The fourth-order valence-corrected chi connectivity index (χ4v) is 2.98. The van der Waals surface area contributed by atoms with Crippen molar-refractivity contribution in [1.82, 2.24) is 15.3 Å². The van der Waals surface area contributed by atoms with E-state index in [2.05, 4.69) is 5.43 Å². The molecule has 1 amide bonds. The molecule has 0 aromatic rings. The highest BCUT2D eigenvalue weighted by Gasteiger charge is 2.41. The van der Waals surface area contributed by atoms with Gasteiger partial charge in [0.1, 0.15) is 6.04 Å². The molecule has 0 saturated carbocycles. The van der Waals surface area contributed by atoms with Gasteiger partial charge in [-0.15, -0.1) is 0 Å². The molecule has 0 aromatic carbocycles. The highest BCUT2D eigenvalue weighted by atomic mass is 16.2. The minimum absolute atomic E-state index is 0.0327. The molecule has 2 heterocycles. The van der Waals surface area contributed by atoms with Crippen LogP contribution in [0, 0.1) is 0 Å². The van der Waals surface area contributed by atoms with Crippen LogP contribution in [0.1, 0.15) is 26.2 Å². The molecule has 0 aliphatic carbocycles. The van der Waals surface area contributed by atoms with Crippen LogP contribution in [0.2, 0.25) is 5.82 Å². The topological polar surface area (TPSA) is 52.7 Å². The molecule has 0 aromatic heterocycles. The lowest BCUT2D eigenvalue weighted by atomic mass is 9.85. The molecule has 2 radical (unpaired) electrons. The summed E-state index contributed by atoms with van der Waals surface area (Å²) < 4.78 is 0. The number of ketones is 1. The Bertz CT molecular complexity index is 350. The van der Waals surface area contributed by atoms with E-state index >= 15 is 0 Å². The van der Waals surface area contributed by atoms with Crippen molar-refractivity contribution >= 4 is 19.5 Å². The van der Waals surface area contributed by atoms with Gasteiger partial charge in [-0.25, -0.2) is 5.01 Å². The van der Waals surface area contributed by atoms with Gasteiger partial charge in [0.15, 0.2) is 5.78 Å². The third-order valence-corrected chi connectivity index (χ3v) is 3.91. The van der Waals surface area contributed by atoms with E-state index in [9.17, 15) is 9.59 Å². The summed E-state index contributed by atoms with van der Waals surface area (Å²) in [4.78, 5) is 25.8. The summed E-state index contributed by atoms with van der Waals surface area (Å²) >= 11 is 0. The minimum atomic E-state index is -0.327. The SMILES string of the molecule is [B][C@@H]1CC(C(C)=O)N(C(=O)[C@H]2CCCN2NC)C1. The Kier molecular flexibility index (Phi) is 4.07. The van der Waals surface area contributed by atoms with Crippen LogP contribution in [-0.2, 0) is 9.59 Å². The van der Waals surface area contributed by atoms with Crippen LogP contribution in [0.3, 0.4) is 0 Å². The molecule has 3 atom stereocenters. The second-order valence-corrected chi connectivity index (χ2v) is 5.19. The Labute approximate surface area is 109 Å². The molecule has 5 nitrogen and oxygen atoms in total. The number of carbonyl (C=O) groups is 2. The monoisotopic (exact) mass is 249 g/mol. The van der Waals surface area contributed by atoms with Crippen LogP contribution in [0.25, 0.3) is 0 Å². The summed E-state index contributed by atoms with van der Waals surface area (Å²) in [6.07, 6.45) is 2.44. The van der Waals surface area contributed by atoms with Gasteiger partial charge < -0.3 is 4.90 Å². The summed E-state index contributed by atoms with van der Waals surface area (Å²) in [5, 5.41) is 1.95. The lowest BCUT2D eigenvalue weighted by molar-refractivity contribution is -0.141. The fourth-order valence-electron chi connectivity index (χ4n) is 2.98. The summed E-state index contributed by atoms with van der Waals surface area (Å²) in [5.41, 5.74) is 3.04. The van der Waals surface area contributed by atoms with Gasteiger partial charge in [-0.2, -0.15) is 0 Å². The molecular formula is C12H20BN3O2. The molecule has 2 aliphatic rings. The second-order valence-electron chi connectivity index (χ2n) is 5.19. The third-order valence-electron chi connectivity index (χ3n) is 3.91. The van der Waals surface area contributed by atoms with Crippen LogP contribution < -0.4 is 5.43 Å². The number of carbonyl (C=O) groups excluding carboxylic acids is 2. The summed E-state index contributed by atoms with van der Waals surface area (Å²) in [6.45, 7) is 2.90. The normalized spacial score (nSPS) is 33.0. The van der Waals surface area contributed by atoms with Crippen molar-refractivity contribution < 1.29 is 9.59 Å². The number of hydrogen-bond donors (Lipinski definition) is 1. The molecule has 2 aliphatic heterocycles. The first-order valence-corrected chi connectivity index (χ1v) is 6.55. The number of nitrogens with zero attached hydrogens (tertiary/aromatic N) is 2. The molecule has 1 N–H and O–H groups in total. The van der Waals surface area contributed by atoms with E-state index in [0.29, 0.717) is 13.0 Å². The maximum absolute atomic E-state index is 12.5. The smallest absolute Gasteiger partial charge is 0.241 e. The van der Waals surface area contributed by atoms with Crippen molar-refractivity contribution in [2.75, 3.05) is 20.1 Å². The highest BCUT2D eigenvalue weighted by molar-refractivity contribution is 6.13. The molecule has 2 rings (SSSR count). The van der Waals surface area contributed by atoms with Crippen molar-refractivity contribution in [2.24, 2.45) is 0 Å². The number of hydrazine groups is 1. The molecule has 6 heteroatoms. The van der Waals surface area contributed by atoms with Crippen LogP contribution in [0.4, 0.5) is 0 Å². The first-order chi connectivity index (χ1) is 8.54. The zero-order valence-corrected chi connectivity index (χ0v) is 11.1. The molecule has 0 spiro atoms. The largest absolute Gasteiger partial charge is 0.332 e. The van der Waals surface area contributed by atoms with E-state index < -0.39 is 0 Å². The van der Waals surface area contributed by atoms with Gasteiger partial charge in [0.05, 0.1) is 13.9 Å². The van der Waals surface area contributed by atoms with Crippen LogP contribution in [0.5, 0.6) is 0 Å². The van der Waals surface area contributed by atoms with Crippen molar-refractivity contribution in [3.63, 3.8) is 0 Å².